The highest BCUT2D eigenvalue weighted by Gasteiger charge is 1.77. The summed E-state index contributed by atoms with van der Waals surface area (Å²) in [6, 6.07) is 0. The Morgan fingerprint density at radius 3 is 2.00 bits per heavy atom. The van der Waals surface area contributed by atoms with Crippen LogP contribution in [0.25, 0.3) is 0 Å². The van der Waals surface area contributed by atoms with Gasteiger partial charge >= 0.3 is 0 Å². The molecule has 0 N–H and O–H groups in total. The van der Waals surface area contributed by atoms with Gasteiger partial charge in [-0.1, -0.05) is 48.6 Å². The van der Waals surface area contributed by atoms with Gasteiger partial charge in [0.2, 0.25) is 0 Å². The molecular formula is C11H13. The third-order valence-corrected chi connectivity index (χ3v) is 1.42. The summed E-state index contributed by atoms with van der Waals surface area (Å²) in [5.41, 5.74) is 0. The van der Waals surface area contributed by atoms with E-state index in [9.17, 15) is 0 Å². The summed E-state index contributed by atoms with van der Waals surface area (Å²) in [5, 5.41) is 0. The van der Waals surface area contributed by atoms with Gasteiger partial charge in [0.25, 0.3) is 0 Å². The van der Waals surface area contributed by atoms with Gasteiger partial charge in [-0.05, 0) is 19.3 Å². The van der Waals surface area contributed by atoms with Gasteiger partial charge in [0.1, 0.15) is 0 Å². The van der Waals surface area contributed by atoms with Crippen LogP contribution < -0.4 is 0 Å². The van der Waals surface area contributed by atoms with Crippen LogP contribution in [0.1, 0.15) is 12.8 Å². The van der Waals surface area contributed by atoms with Crippen molar-refractivity contribution in [1.29, 1.82) is 0 Å². The molecular weight excluding hydrogens is 132 g/mol. The quantitative estimate of drug-likeness (QED) is 0.491. The van der Waals surface area contributed by atoms with Gasteiger partial charge in [0.05, 0.1) is 0 Å². The Balaban J connectivity index is 2.47. The first-order chi connectivity index (χ1) is 5.50. The predicted molar refractivity (Wildman–Crippen MR) is 50.1 cm³/mol. The Labute approximate surface area is 68.6 Å². The zero-order chi connectivity index (χ0) is 7.78. The molecule has 0 aromatic rings. The lowest BCUT2D eigenvalue weighted by atomic mass is 10.2. The standard InChI is InChI=1S/C11H13/c1-2-4-6-8-10-11-9-7-5-3-1/h1-6,9-11H,7-8H2/b2-1-,5-3-,6-4-,11-9-. The van der Waals surface area contributed by atoms with Crippen LogP contribution in [0.15, 0.2) is 48.6 Å². The van der Waals surface area contributed by atoms with E-state index in [2.05, 4.69) is 55.0 Å². The van der Waals surface area contributed by atoms with Gasteiger partial charge in [-0.2, -0.15) is 0 Å². The van der Waals surface area contributed by atoms with Crippen molar-refractivity contribution in [3.63, 3.8) is 0 Å². The van der Waals surface area contributed by atoms with E-state index in [0.29, 0.717) is 0 Å². The van der Waals surface area contributed by atoms with E-state index in [1.165, 1.54) is 0 Å². The summed E-state index contributed by atoms with van der Waals surface area (Å²) in [6.07, 6.45) is 21.0. The van der Waals surface area contributed by atoms with E-state index in [1.54, 1.807) is 0 Å². The maximum atomic E-state index is 2.16. The zero-order valence-electron chi connectivity index (χ0n) is 6.61. The molecule has 0 saturated heterocycles. The molecule has 1 rings (SSSR count). The average Bonchev–Trinajstić information content (AvgIpc) is 2.08. The molecule has 0 spiro atoms. The summed E-state index contributed by atoms with van der Waals surface area (Å²) in [7, 11) is 0. The lowest BCUT2D eigenvalue weighted by Gasteiger charge is -1.83. The first-order valence-electron chi connectivity index (χ1n) is 3.97. The van der Waals surface area contributed by atoms with Gasteiger partial charge in [-0.3, -0.25) is 0 Å². The van der Waals surface area contributed by atoms with Crippen molar-refractivity contribution in [2.75, 3.05) is 0 Å². The molecule has 0 atom stereocenters. The molecule has 0 fully saturated rings. The second-order valence-electron chi connectivity index (χ2n) is 2.38. The Hall–Kier alpha value is -1.04. The molecule has 0 aliphatic heterocycles. The minimum Gasteiger partial charge on any atom is -0.0844 e. The molecule has 1 radical (unpaired) electrons. The second kappa shape index (κ2) is 5.72. The maximum absolute atomic E-state index is 2.16. The molecule has 1 aliphatic carbocycles. The third-order valence-electron chi connectivity index (χ3n) is 1.42. The van der Waals surface area contributed by atoms with Gasteiger partial charge in [0.15, 0.2) is 0 Å². The van der Waals surface area contributed by atoms with Crippen molar-refractivity contribution in [2.24, 2.45) is 0 Å². The van der Waals surface area contributed by atoms with E-state index in [1.807, 2.05) is 0 Å². The van der Waals surface area contributed by atoms with Crippen LogP contribution in [0.4, 0.5) is 0 Å². The van der Waals surface area contributed by atoms with Crippen LogP contribution in [-0.2, 0) is 0 Å². The topological polar surface area (TPSA) is 0 Å². The maximum Gasteiger partial charge on any atom is -0.0133 e. The van der Waals surface area contributed by atoms with Crippen molar-refractivity contribution in [3.05, 3.63) is 55.0 Å². The molecule has 0 nitrogen and oxygen atoms in total. The summed E-state index contributed by atoms with van der Waals surface area (Å²) in [5.74, 6) is 0. The molecule has 0 aromatic heterocycles. The van der Waals surface area contributed by atoms with Crippen LogP contribution in [-0.4, -0.2) is 0 Å². The fourth-order valence-corrected chi connectivity index (χ4v) is 0.853. The van der Waals surface area contributed by atoms with Gasteiger partial charge in [-0.15, -0.1) is 0 Å². The minimum atomic E-state index is 1.03. The van der Waals surface area contributed by atoms with E-state index >= 15 is 0 Å². The Morgan fingerprint density at radius 1 is 0.545 bits per heavy atom. The van der Waals surface area contributed by atoms with Crippen molar-refractivity contribution < 1.29 is 0 Å². The van der Waals surface area contributed by atoms with Gasteiger partial charge < -0.3 is 0 Å². The lowest BCUT2D eigenvalue weighted by Crippen LogP contribution is -1.64. The molecule has 0 bridgehead atoms. The molecule has 0 heterocycles. The van der Waals surface area contributed by atoms with E-state index in [4.69, 9.17) is 0 Å². The van der Waals surface area contributed by atoms with Gasteiger partial charge in [-0.25, -0.2) is 0 Å². The molecule has 11 heavy (non-hydrogen) atoms. The molecule has 0 heteroatoms. The highest BCUT2D eigenvalue weighted by Crippen LogP contribution is 1.96. The molecule has 57 valence electrons. The molecule has 0 saturated carbocycles. The lowest BCUT2D eigenvalue weighted by molar-refractivity contribution is 1.27. The van der Waals surface area contributed by atoms with E-state index in [0.717, 1.165) is 12.8 Å². The smallest absolute Gasteiger partial charge is 0.0133 e. The normalized spacial score (nSPS) is 29.8. The SMILES string of the molecule is [CH]1/C=C\C\C=C/C=C\C=C/C1. The van der Waals surface area contributed by atoms with Crippen molar-refractivity contribution >= 4 is 0 Å². The Morgan fingerprint density at radius 2 is 1.18 bits per heavy atom. The number of hydrogen-bond donors (Lipinski definition) is 0. The fourth-order valence-electron chi connectivity index (χ4n) is 0.853. The first-order valence-corrected chi connectivity index (χ1v) is 3.97. The van der Waals surface area contributed by atoms with Crippen LogP contribution in [0.2, 0.25) is 0 Å². The molecule has 1 aliphatic rings. The van der Waals surface area contributed by atoms with Crippen LogP contribution in [0.5, 0.6) is 0 Å². The van der Waals surface area contributed by atoms with Crippen molar-refractivity contribution in [1.82, 2.24) is 0 Å². The molecule has 0 aromatic carbocycles. The summed E-state index contributed by atoms with van der Waals surface area (Å²) in [6.45, 7) is 0. The zero-order valence-corrected chi connectivity index (χ0v) is 6.61. The summed E-state index contributed by atoms with van der Waals surface area (Å²) < 4.78 is 0. The minimum absolute atomic E-state index is 1.03. The summed E-state index contributed by atoms with van der Waals surface area (Å²) >= 11 is 0. The fraction of sp³-hybridized carbons (Fsp3) is 0.182. The monoisotopic (exact) mass is 145 g/mol. The van der Waals surface area contributed by atoms with Crippen LogP contribution >= 0.6 is 0 Å². The van der Waals surface area contributed by atoms with Crippen LogP contribution in [0.3, 0.4) is 0 Å². The van der Waals surface area contributed by atoms with Gasteiger partial charge in [0, 0.05) is 0 Å². The van der Waals surface area contributed by atoms with Crippen molar-refractivity contribution in [2.45, 2.75) is 12.8 Å². The van der Waals surface area contributed by atoms with E-state index < -0.39 is 0 Å². The average molecular weight is 145 g/mol. The highest BCUT2D eigenvalue weighted by molar-refractivity contribution is 5.14. The number of rotatable bonds is 0. The largest absolute Gasteiger partial charge is 0.0844 e. The Kier molecular flexibility index (Phi) is 4.19. The molecule has 0 amide bonds. The first kappa shape index (κ1) is 8.06. The number of hydrogen-bond acceptors (Lipinski definition) is 0. The van der Waals surface area contributed by atoms with E-state index in [-0.39, 0.29) is 0 Å². The predicted octanol–water partition coefficient (Wildman–Crippen LogP) is 3.21. The third kappa shape index (κ3) is 4.38. The summed E-state index contributed by atoms with van der Waals surface area (Å²) in [4.78, 5) is 0. The highest BCUT2D eigenvalue weighted by atomic mass is 13.8. The number of allylic oxidation sites excluding steroid dienone is 8. The Bertz CT molecular complexity index is 192. The van der Waals surface area contributed by atoms with Crippen molar-refractivity contribution in [3.8, 4) is 0 Å². The van der Waals surface area contributed by atoms with Crippen LogP contribution in [0, 0.1) is 6.42 Å². The molecule has 0 unspecified atom stereocenters. The second-order valence-corrected chi connectivity index (χ2v) is 2.38.